The highest BCUT2D eigenvalue weighted by Gasteiger charge is 2.40. The fourth-order valence-corrected chi connectivity index (χ4v) is 4.42. The average molecular weight is 443 g/mol. The number of aliphatic carboxylic acids is 2. The molecule has 0 unspecified atom stereocenters. The van der Waals surface area contributed by atoms with Crippen LogP contribution in [0, 0.1) is 10.1 Å². The Labute approximate surface area is 170 Å². The number of carboxylic acid groups (broad SMARTS) is 2. The lowest BCUT2D eigenvalue weighted by Crippen LogP contribution is -2.45. The number of rotatable bonds is 9. The Morgan fingerprint density at radius 1 is 1.10 bits per heavy atom. The Morgan fingerprint density at radius 3 is 2.21 bits per heavy atom. The molecule has 1 atom stereocenters. The smallest absolute Gasteiger partial charge is 0.322 e. The number of hydrogen-bond donors (Lipinski definition) is 2. The maximum Gasteiger partial charge on any atom is 0.322 e. The second kappa shape index (κ2) is 8.99. The van der Waals surface area contributed by atoms with Gasteiger partial charge >= 0.3 is 11.9 Å². The third-order valence-electron chi connectivity index (χ3n) is 3.90. The van der Waals surface area contributed by atoms with E-state index < -0.39 is 56.5 Å². The number of sulfonamides is 1. The molecule has 10 nitrogen and oxygen atoms in total. The van der Waals surface area contributed by atoms with E-state index in [1.54, 1.807) is 0 Å². The van der Waals surface area contributed by atoms with Gasteiger partial charge in [0.1, 0.15) is 6.04 Å². The minimum atomic E-state index is -4.76. The van der Waals surface area contributed by atoms with E-state index in [2.05, 4.69) is 0 Å². The van der Waals surface area contributed by atoms with Gasteiger partial charge in [-0.05, 0) is 23.8 Å². The van der Waals surface area contributed by atoms with Crippen LogP contribution in [0.1, 0.15) is 12.0 Å². The van der Waals surface area contributed by atoms with Crippen molar-refractivity contribution in [2.75, 3.05) is 0 Å². The van der Waals surface area contributed by atoms with Gasteiger partial charge in [0.05, 0.1) is 11.3 Å². The first-order valence-electron chi connectivity index (χ1n) is 7.98. The van der Waals surface area contributed by atoms with Crippen LogP contribution in [-0.2, 0) is 26.2 Å². The zero-order valence-corrected chi connectivity index (χ0v) is 16.2. The van der Waals surface area contributed by atoms with Gasteiger partial charge in [-0.1, -0.05) is 35.9 Å². The lowest BCUT2D eigenvalue weighted by molar-refractivity contribution is -0.387. The topological polar surface area (TPSA) is 155 Å². The van der Waals surface area contributed by atoms with E-state index in [0.717, 1.165) is 12.1 Å². The van der Waals surface area contributed by atoms with Crippen LogP contribution in [0.5, 0.6) is 0 Å². The summed E-state index contributed by atoms with van der Waals surface area (Å²) >= 11 is 5.79. The van der Waals surface area contributed by atoms with E-state index in [0.29, 0.717) is 14.9 Å². The summed E-state index contributed by atoms with van der Waals surface area (Å²) in [5, 5.41) is 30.1. The summed E-state index contributed by atoms with van der Waals surface area (Å²) in [4.78, 5) is 32.4. The van der Waals surface area contributed by atoms with Gasteiger partial charge in [0.2, 0.25) is 0 Å². The van der Waals surface area contributed by atoms with Gasteiger partial charge in [-0.15, -0.1) is 0 Å². The summed E-state index contributed by atoms with van der Waals surface area (Å²) in [6.45, 7) is -0.532. The third-order valence-corrected chi connectivity index (χ3v) is 6.05. The zero-order valence-electron chi connectivity index (χ0n) is 14.6. The third kappa shape index (κ3) is 5.28. The van der Waals surface area contributed by atoms with Crippen molar-refractivity contribution in [1.29, 1.82) is 0 Å². The molecule has 12 heteroatoms. The Morgan fingerprint density at radius 2 is 1.69 bits per heavy atom. The Hall–Kier alpha value is -3.02. The van der Waals surface area contributed by atoms with Gasteiger partial charge in [-0.2, -0.15) is 4.31 Å². The molecule has 2 N–H and O–H groups in total. The fourth-order valence-electron chi connectivity index (χ4n) is 2.56. The van der Waals surface area contributed by atoms with Crippen LogP contribution in [0.15, 0.2) is 53.4 Å². The first kappa shape index (κ1) is 22.3. The molecule has 0 heterocycles. The summed E-state index contributed by atoms with van der Waals surface area (Å²) in [5.74, 6) is -3.25. The Bertz CT molecular complexity index is 1040. The van der Waals surface area contributed by atoms with Crippen molar-refractivity contribution < 1.29 is 33.1 Å². The van der Waals surface area contributed by atoms with Gasteiger partial charge in [0.15, 0.2) is 4.90 Å². The number of nitro groups is 1. The summed E-state index contributed by atoms with van der Waals surface area (Å²) in [6.07, 6.45) is -1.04. The molecule has 2 aromatic carbocycles. The predicted octanol–water partition coefficient (Wildman–Crippen LogP) is 2.37. The molecule has 154 valence electrons. The Balaban J connectivity index is 2.64. The van der Waals surface area contributed by atoms with Crippen LogP contribution in [0.3, 0.4) is 0 Å². The van der Waals surface area contributed by atoms with Crippen molar-refractivity contribution in [3.05, 3.63) is 69.2 Å². The second-order valence-electron chi connectivity index (χ2n) is 5.85. The van der Waals surface area contributed by atoms with Gasteiger partial charge in [-0.3, -0.25) is 19.7 Å². The zero-order chi connectivity index (χ0) is 21.8. The molecule has 0 bridgehead atoms. The number of carbonyl (C=O) groups is 2. The number of para-hydroxylation sites is 1. The number of carboxylic acids is 2. The maximum atomic E-state index is 13.2. The van der Waals surface area contributed by atoms with Gasteiger partial charge < -0.3 is 10.2 Å². The highest BCUT2D eigenvalue weighted by atomic mass is 35.5. The molecular formula is C17H15ClN2O8S. The SMILES string of the molecule is O=C(O)C[C@@H](C(=O)O)N(Cc1ccc(Cl)cc1)S(=O)(=O)c1ccccc1[N+](=O)[O-]. The molecule has 0 spiro atoms. The quantitative estimate of drug-likeness (QED) is 0.442. The van der Waals surface area contributed by atoms with Crippen molar-refractivity contribution in [3.63, 3.8) is 0 Å². The van der Waals surface area contributed by atoms with E-state index in [4.69, 9.17) is 16.7 Å². The van der Waals surface area contributed by atoms with E-state index in [1.807, 2.05) is 0 Å². The molecule has 0 saturated heterocycles. The van der Waals surface area contributed by atoms with Crippen molar-refractivity contribution in [2.24, 2.45) is 0 Å². The van der Waals surface area contributed by atoms with E-state index in [9.17, 15) is 33.2 Å². The first-order chi connectivity index (χ1) is 13.5. The summed E-state index contributed by atoms with van der Waals surface area (Å²) < 4.78 is 26.8. The van der Waals surface area contributed by atoms with E-state index in [1.165, 1.54) is 36.4 Å². The first-order valence-corrected chi connectivity index (χ1v) is 9.80. The van der Waals surface area contributed by atoms with Crippen LogP contribution in [0.25, 0.3) is 0 Å². The molecule has 0 radical (unpaired) electrons. The molecule has 0 aliphatic heterocycles. The van der Waals surface area contributed by atoms with Crippen LogP contribution in [0.2, 0.25) is 5.02 Å². The molecule has 2 aromatic rings. The van der Waals surface area contributed by atoms with Crippen molar-refractivity contribution in [1.82, 2.24) is 4.31 Å². The number of nitro benzene ring substituents is 1. The van der Waals surface area contributed by atoms with Crippen molar-refractivity contribution in [3.8, 4) is 0 Å². The molecule has 0 aliphatic rings. The highest BCUT2D eigenvalue weighted by molar-refractivity contribution is 7.89. The summed E-state index contributed by atoms with van der Waals surface area (Å²) in [6, 6.07) is 8.18. The number of halogens is 1. The fraction of sp³-hybridized carbons (Fsp3) is 0.176. The standard InChI is InChI=1S/C17H15ClN2O8S/c18-12-7-5-11(6-8-12)10-19(14(17(23)24)9-16(21)22)29(27,28)15-4-2-1-3-13(15)20(25)26/h1-8,14H,9-10H2,(H,21,22)(H,23,24)/t14-/m0/s1. The second-order valence-corrected chi connectivity index (χ2v) is 8.15. The molecule has 2 rings (SSSR count). The highest BCUT2D eigenvalue weighted by Crippen LogP contribution is 2.29. The number of nitrogens with zero attached hydrogens (tertiary/aromatic N) is 2. The maximum absolute atomic E-state index is 13.2. The van der Waals surface area contributed by atoms with E-state index >= 15 is 0 Å². The minimum Gasteiger partial charge on any atom is -0.481 e. The lowest BCUT2D eigenvalue weighted by atomic mass is 10.1. The molecule has 29 heavy (non-hydrogen) atoms. The molecule has 0 aliphatic carbocycles. The molecule has 0 aromatic heterocycles. The lowest BCUT2D eigenvalue weighted by Gasteiger charge is -2.27. The van der Waals surface area contributed by atoms with E-state index in [-0.39, 0.29) is 0 Å². The monoisotopic (exact) mass is 442 g/mol. The van der Waals surface area contributed by atoms with Gasteiger partial charge in [-0.25, -0.2) is 8.42 Å². The minimum absolute atomic E-state index is 0.313. The van der Waals surface area contributed by atoms with Crippen LogP contribution < -0.4 is 0 Å². The van der Waals surface area contributed by atoms with Gasteiger partial charge in [0, 0.05) is 17.6 Å². The molecule has 0 saturated carbocycles. The summed E-state index contributed by atoms with van der Waals surface area (Å²) in [7, 11) is -4.76. The van der Waals surface area contributed by atoms with Crippen molar-refractivity contribution >= 4 is 39.3 Å². The number of hydrogen-bond acceptors (Lipinski definition) is 6. The molecular weight excluding hydrogens is 428 g/mol. The predicted molar refractivity (Wildman–Crippen MR) is 101 cm³/mol. The van der Waals surface area contributed by atoms with Crippen LogP contribution in [0.4, 0.5) is 5.69 Å². The molecule has 0 amide bonds. The summed E-state index contributed by atoms with van der Waals surface area (Å²) in [5.41, 5.74) is -0.443. The largest absolute Gasteiger partial charge is 0.481 e. The average Bonchev–Trinajstić information content (AvgIpc) is 2.65. The van der Waals surface area contributed by atoms with Crippen molar-refractivity contribution in [2.45, 2.75) is 23.9 Å². The van der Waals surface area contributed by atoms with Crippen LogP contribution in [-0.4, -0.2) is 45.8 Å². The van der Waals surface area contributed by atoms with Crippen LogP contribution >= 0.6 is 11.6 Å². The Kier molecular flexibility index (Phi) is 6.90. The van der Waals surface area contributed by atoms with Gasteiger partial charge in [0.25, 0.3) is 15.7 Å². The molecule has 0 fully saturated rings. The normalized spacial score (nSPS) is 12.5. The number of benzene rings is 2.